The molecule has 0 aliphatic heterocycles. The number of carbonyl (C=O) groups is 1. The summed E-state index contributed by atoms with van der Waals surface area (Å²) in [6.07, 6.45) is 4.84. The summed E-state index contributed by atoms with van der Waals surface area (Å²) in [5, 5.41) is 3.04. The van der Waals surface area contributed by atoms with Gasteiger partial charge in [0.1, 0.15) is 5.75 Å². The van der Waals surface area contributed by atoms with E-state index in [1.807, 2.05) is 24.3 Å². The van der Waals surface area contributed by atoms with Crippen LogP contribution in [0.25, 0.3) is 0 Å². The highest BCUT2D eigenvalue weighted by Gasteiger charge is 2.42. The van der Waals surface area contributed by atoms with Gasteiger partial charge >= 0.3 is 0 Å². The number of benzene rings is 1. The van der Waals surface area contributed by atoms with Gasteiger partial charge in [0, 0.05) is 6.54 Å². The third-order valence-corrected chi connectivity index (χ3v) is 4.18. The minimum Gasteiger partial charge on any atom is -0.497 e. The third-order valence-electron chi connectivity index (χ3n) is 4.18. The van der Waals surface area contributed by atoms with Crippen LogP contribution in [-0.4, -0.2) is 26.1 Å². The van der Waals surface area contributed by atoms with Gasteiger partial charge < -0.3 is 15.8 Å². The lowest BCUT2D eigenvalue weighted by atomic mass is 9.78. The summed E-state index contributed by atoms with van der Waals surface area (Å²) in [6, 6.07) is 7.91. The minimum absolute atomic E-state index is 0.136. The fraction of sp³-hybridized carbons (Fsp3) is 0.562. The molecule has 0 aromatic heterocycles. The molecular weight excluding hydrogens is 252 g/mol. The lowest BCUT2D eigenvalue weighted by molar-refractivity contribution is -0.126. The molecule has 1 aromatic rings. The lowest BCUT2D eigenvalue weighted by Gasteiger charge is -2.28. The maximum absolute atomic E-state index is 12.6. The van der Waals surface area contributed by atoms with E-state index in [9.17, 15) is 4.79 Å². The number of rotatable bonds is 6. The van der Waals surface area contributed by atoms with Crippen LogP contribution < -0.4 is 15.8 Å². The van der Waals surface area contributed by atoms with Crippen LogP contribution in [0.5, 0.6) is 5.75 Å². The molecule has 3 N–H and O–H groups in total. The second kappa shape index (κ2) is 6.75. The summed E-state index contributed by atoms with van der Waals surface area (Å²) in [6.45, 7) is 1.26. The quantitative estimate of drug-likeness (QED) is 0.781. The van der Waals surface area contributed by atoms with Crippen molar-refractivity contribution in [2.75, 3.05) is 20.2 Å². The molecule has 0 bridgehead atoms. The number of methoxy groups -OCH3 is 1. The molecule has 0 saturated heterocycles. The van der Waals surface area contributed by atoms with Crippen LogP contribution in [0.4, 0.5) is 0 Å². The van der Waals surface area contributed by atoms with Crippen LogP contribution in [0.1, 0.15) is 37.7 Å². The monoisotopic (exact) mass is 276 g/mol. The fourth-order valence-corrected chi connectivity index (χ4v) is 3.02. The van der Waals surface area contributed by atoms with Crippen molar-refractivity contribution in [2.24, 2.45) is 5.73 Å². The minimum atomic E-state index is -0.386. The van der Waals surface area contributed by atoms with Crippen LogP contribution in [-0.2, 0) is 10.2 Å². The molecule has 1 aliphatic rings. The van der Waals surface area contributed by atoms with E-state index in [4.69, 9.17) is 10.5 Å². The van der Waals surface area contributed by atoms with E-state index in [0.717, 1.165) is 43.4 Å². The van der Waals surface area contributed by atoms with E-state index >= 15 is 0 Å². The van der Waals surface area contributed by atoms with Gasteiger partial charge in [-0.05, 0) is 43.5 Å². The molecule has 1 fully saturated rings. The first kappa shape index (κ1) is 14.9. The molecule has 1 aromatic carbocycles. The van der Waals surface area contributed by atoms with Crippen molar-refractivity contribution >= 4 is 5.91 Å². The molecule has 1 saturated carbocycles. The Hall–Kier alpha value is -1.55. The van der Waals surface area contributed by atoms with Gasteiger partial charge in [-0.3, -0.25) is 4.79 Å². The fourth-order valence-electron chi connectivity index (χ4n) is 3.02. The van der Waals surface area contributed by atoms with Crippen molar-refractivity contribution in [3.63, 3.8) is 0 Å². The molecular formula is C16H24N2O2. The number of hydrogen-bond acceptors (Lipinski definition) is 3. The van der Waals surface area contributed by atoms with Gasteiger partial charge in [0.2, 0.25) is 5.91 Å². The van der Waals surface area contributed by atoms with Crippen molar-refractivity contribution in [2.45, 2.75) is 37.5 Å². The average molecular weight is 276 g/mol. The van der Waals surface area contributed by atoms with Gasteiger partial charge in [-0.15, -0.1) is 0 Å². The molecule has 0 radical (unpaired) electrons. The van der Waals surface area contributed by atoms with Crippen molar-refractivity contribution in [3.05, 3.63) is 29.8 Å². The van der Waals surface area contributed by atoms with Gasteiger partial charge in [0.25, 0.3) is 0 Å². The molecule has 0 atom stereocenters. The van der Waals surface area contributed by atoms with Crippen molar-refractivity contribution in [1.29, 1.82) is 0 Å². The smallest absolute Gasteiger partial charge is 0.230 e. The predicted molar refractivity (Wildman–Crippen MR) is 79.8 cm³/mol. The van der Waals surface area contributed by atoms with Gasteiger partial charge in [-0.1, -0.05) is 25.0 Å². The Kier molecular flexibility index (Phi) is 5.01. The Balaban J connectivity index is 2.22. The Morgan fingerprint density at radius 2 is 2.15 bits per heavy atom. The summed E-state index contributed by atoms with van der Waals surface area (Å²) in [4.78, 5) is 12.6. The van der Waals surface area contributed by atoms with E-state index in [0.29, 0.717) is 13.1 Å². The summed E-state index contributed by atoms with van der Waals surface area (Å²) >= 11 is 0. The topological polar surface area (TPSA) is 64.3 Å². The normalized spacial score (nSPS) is 16.9. The number of carbonyl (C=O) groups excluding carboxylic acids is 1. The van der Waals surface area contributed by atoms with Crippen LogP contribution in [0.3, 0.4) is 0 Å². The summed E-state index contributed by atoms with van der Waals surface area (Å²) < 4.78 is 5.29. The first-order valence-corrected chi connectivity index (χ1v) is 7.36. The molecule has 20 heavy (non-hydrogen) atoms. The van der Waals surface area contributed by atoms with Gasteiger partial charge in [0.15, 0.2) is 0 Å². The van der Waals surface area contributed by atoms with Crippen molar-refractivity contribution in [3.8, 4) is 5.75 Å². The lowest BCUT2D eigenvalue weighted by Crippen LogP contribution is -2.43. The van der Waals surface area contributed by atoms with Gasteiger partial charge in [-0.25, -0.2) is 0 Å². The number of nitrogens with one attached hydrogen (secondary N) is 1. The van der Waals surface area contributed by atoms with E-state index in [1.54, 1.807) is 7.11 Å². The zero-order valence-electron chi connectivity index (χ0n) is 12.2. The van der Waals surface area contributed by atoms with E-state index in [2.05, 4.69) is 5.32 Å². The maximum Gasteiger partial charge on any atom is 0.230 e. The van der Waals surface area contributed by atoms with E-state index < -0.39 is 0 Å². The SMILES string of the molecule is COc1cccc(C2(C(=O)NCCCN)CCCC2)c1. The predicted octanol–water partition coefficient (Wildman–Crippen LogP) is 1.97. The molecule has 2 rings (SSSR count). The zero-order valence-corrected chi connectivity index (χ0v) is 12.2. The molecule has 0 unspecified atom stereocenters. The highest BCUT2D eigenvalue weighted by molar-refractivity contribution is 5.88. The van der Waals surface area contributed by atoms with E-state index in [-0.39, 0.29) is 11.3 Å². The molecule has 0 spiro atoms. The summed E-state index contributed by atoms with van der Waals surface area (Å²) in [7, 11) is 1.65. The Morgan fingerprint density at radius 3 is 2.80 bits per heavy atom. The maximum atomic E-state index is 12.6. The number of ether oxygens (including phenoxy) is 1. The number of amides is 1. The Morgan fingerprint density at radius 1 is 1.40 bits per heavy atom. The molecule has 4 heteroatoms. The first-order valence-electron chi connectivity index (χ1n) is 7.36. The zero-order chi connectivity index (χ0) is 14.4. The Labute approximate surface area is 120 Å². The average Bonchev–Trinajstić information content (AvgIpc) is 2.98. The largest absolute Gasteiger partial charge is 0.497 e. The molecule has 1 aliphatic carbocycles. The first-order chi connectivity index (χ1) is 9.73. The highest BCUT2D eigenvalue weighted by atomic mass is 16.5. The molecule has 110 valence electrons. The van der Waals surface area contributed by atoms with Crippen molar-refractivity contribution in [1.82, 2.24) is 5.32 Å². The second-order valence-electron chi connectivity index (χ2n) is 5.42. The van der Waals surface area contributed by atoms with Crippen molar-refractivity contribution < 1.29 is 9.53 Å². The molecule has 4 nitrogen and oxygen atoms in total. The van der Waals surface area contributed by atoms with Crippen LogP contribution in [0, 0.1) is 0 Å². The Bertz CT molecular complexity index is 454. The summed E-state index contributed by atoms with van der Waals surface area (Å²) in [5.41, 5.74) is 6.17. The van der Waals surface area contributed by atoms with Crippen LogP contribution in [0.2, 0.25) is 0 Å². The van der Waals surface area contributed by atoms with Crippen LogP contribution >= 0.6 is 0 Å². The second-order valence-corrected chi connectivity index (χ2v) is 5.42. The molecule has 1 amide bonds. The molecule has 0 heterocycles. The van der Waals surface area contributed by atoms with E-state index in [1.165, 1.54) is 0 Å². The number of hydrogen-bond donors (Lipinski definition) is 2. The van der Waals surface area contributed by atoms with Crippen LogP contribution in [0.15, 0.2) is 24.3 Å². The standard InChI is InChI=1S/C16H24N2O2/c1-20-14-7-4-6-13(12-14)16(8-2-3-9-16)15(19)18-11-5-10-17/h4,6-7,12H,2-3,5,8-11,17H2,1H3,(H,18,19). The van der Waals surface area contributed by atoms with Gasteiger partial charge in [0.05, 0.1) is 12.5 Å². The van der Waals surface area contributed by atoms with Gasteiger partial charge in [-0.2, -0.15) is 0 Å². The summed E-state index contributed by atoms with van der Waals surface area (Å²) in [5.74, 6) is 0.945. The number of nitrogens with two attached hydrogens (primary N) is 1. The third kappa shape index (κ3) is 2.96. The highest BCUT2D eigenvalue weighted by Crippen LogP contribution is 2.42.